The molecule has 0 bridgehead atoms. The summed E-state index contributed by atoms with van der Waals surface area (Å²) < 4.78 is 26.9. The van der Waals surface area contributed by atoms with Gasteiger partial charge in [0.05, 0.1) is 4.90 Å². The smallest absolute Gasteiger partial charge is 0.241 e. The Kier molecular flexibility index (Phi) is 5.27. The Hall–Kier alpha value is -1.44. The Morgan fingerprint density at radius 1 is 1.30 bits per heavy atom. The molecule has 0 aliphatic heterocycles. The summed E-state index contributed by atoms with van der Waals surface area (Å²) in [6.07, 6.45) is 0.192. The predicted molar refractivity (Wildman–Crippen MR) is 78.8 cm³/mol. The molecule has 0 aliphatic carbocycles. The Morgan fingerprint density at radius 3 is 2.50 bits per heavy atom. The van der Waals surface area contributed by atoms with E-state index in [4.69, 9.17) is 5.73 Å². The van der Waals surface area contributed by atoms with Crippen LogP contribution in [0, 0.1) is 0 Å². The van der Waals surface area contributed by atoms with Crippen LogP contribution in [0.2, 0.25) is 0 Å². The Morgan fingerprint density at radius 2 is 1.95 bits per heavy atom. The molecule has 1 aromatic carbocycles. The van der Waals surface area contributed by atoms with Gasteiger partial charge in [-0.1, -0.05) is 6.07 Å². The number of carbonyl (C=O) groups excluding carboxylic acids is 1. The first-order valence-electron chi connectivity index (χ1n) is 6.28. The van der Waals surface area contributed by atoms with Crippen molar-refractivity contribution in [2.75, 3.05) is 11.9 Å². The summed E-state index contributed by atoms with van der Waals surface area (Å²) >= 11 is 0. The second kappa shape index (κ2) is 6.34. The number of carbonyl (C=O) groups is 1. The molecule has 0 heterocycles. The molecule has 0 atom stereocenters. The van der Waals surface area contributed by atoms with Gasteiger partial charge in [-0.3, -0.25) is 4.79 Å². The van der Waals surface area contributed by atoms with Gasteiger partial charge >= 0.3 is 0 Å². The molecule has 6 nitrogen and oxygen atoms in total. The van der Waals surface area contributed by atoms with E-state index in [9.17, 15) is 13.2 Å². The average molecular weight is 299 g/mol. The Bertz CT molecular complexity index is 577. The van der Waals surface area contributed by atoms with Crippen molar-refractivity contribution >= 4 is 21.6 Å². The standard InChI is InChI=1S/C13H21N3O3S/c1-13(2,3)16-20(18,19)11-6-4-5-10(9-11)15-12(17)7-8-14/h4-6,9,16H,7-8,14H2,1-3H3,(H,15,17). The van der Waals surface area contributed by atoms with Gasteiger partial charge in [0.1, 0.15) is 0 Å². The lowest BCUT2D eigenvalue weighted by Crippen LogP contribution is -2.40. The highest BCUT2D eigenvalue weighted by atomic mass is 32.2. The third-order valence-electron chi connectivity index (χ3n) is 2.24. The number of hydrogen-bond donors (Lipinski definition) is 3. The molecule has 0 radical (unpaired) electrons. The fraction of sp³-hybridized carbons (Fsp3) is 0.462. The lowest BCUT2D eigenvalue weighted by Gasteiger charge is -2.20. The first-order chi connectivity index (χ1) is 9.14. The zero-order valence-corrected chi connectivity index (χ0v) is 12.8. The fourth-order valence-corrected chi connectivity index (χ4v) is 3.02. The maximum atomic E-state index is 12.2. The number of sulfonamides is 1. The van der Waals surface area contributed by atoms with E-state index in [1.807, 2.05) is 0 Å². The molecule has 0 saturated carbocycles. The van der Waals surface area contributed by atoms with E-state index in [-0.39, 0.29) is 23.8 Å². The van der Waals surface area contributed by atoms with Crippen LogP contribution >= 0.6 is 0 Å². The molecular formula is C13H21N3O3S. The Labute approximate surface area is 119 Å². The van der Waals surface area contributed by atoms with Gasteiger partial charge in [-0.05, 0) is 39.0 Å². The molecular weight excluding hydrogens is 278 g/mol. The van der Waals surface area contributed by atoms with E-state index in [1.165, 1.54) is 12.1 Å². The van der Waals surface area contributed by atoms with Gasteiger partial charge < -0.3 is 11.1 Å². The lowest BCUT2D eigenvalue weighted by atomic mass is 10.1. The van der Waals surface area contributed by atoms with Gasteiger partial charge in [-0.15, -0.1) is 0 Å². The molecule has 112 valence electrons. The van der Waals surface area contributed by atoms with E-state index in [0.29, 0.717) is 5.69 Å². The number of nitrogens with one attached hydrogen (secondary N) is 2. The second-order valence-corrected chi connectivity index (χ2v) is 7.15. The lowest BCUT2D eigenvalue weighted by molar-refractivity contribution is -0.116. The maximum absolute atomic E-state index is 12.2. The molecule has 1 rings (SSSR count). The molecule has 1 amide bonds. The monoisotopic (exact) mass is 299 g/mol. The molecule has 0 spiro atoms. The van der Waals surface area contributed by atoms with Crippen molar-refractivity contribution in [3.05, 3.63) is 24.3 Å². The average Bonchev–Trinajstić information content (AvgIpc) is 2.26. The van der Waals surface area contributed by atoms with E-state index in [2.05, 4.69) is 10.0 Å². The van der Waals surface area contributed by atoms with Gasteiger partial charge in [0.15, 0.2) is 0 Å². The van der Waals surface area contributed by atoms with Crippen LogP contribution in [0.25, 0.3) is 0 Å². The molecule has 0 fully saturated rings. The quantitative estimate of drug-likeness (QED) is 0.756. The van der Waals surface area contributed by atoms with Crippen molar-refractivity contribution in [2.45, 2.75) is 37.6 Å². The van der Waals surface area contributed by atoms with Crippen LogP contribution < -0.4 is 15.8 Å². The zero-order chi connectivity index (χ0) is 15.4. The maximum Gasteiger partial charge on any atom is 0.241 e. The number of anilines is 1. The summed E-state index contributed by atoms with van der Waals surface area (Å²) in [7, 11) is -3.61. The number of benzene rings is 1. The van der Waals surface area contributed by atoms with Crippen molar-refractivity contribution in [3.63, 3.8) is 0 Å². The summed E-state index contributed by atoms with van der Waals surface area (Å²) in [5.41, 5.74) is 5.14. The molecule has 1 aromatic rings. The van der Waals surface area contributed by atoms with Crippen molar-refractivity contribution < 1.29 is 13.2 Å². The van der Waals surface area contributed by atoms with E-state index >= 15 is 0 Å². The minimum atomic E-state index is -3.61. The van der Waals surface area contributed by atoms with Crippen molar-refractivity contribution in [2.24, 2.45) is 5.73 Å². The van der Waals surface area contributed by atoms with Crippen molar-refractivity contribution in [3.8, 4) is 0 Å². The van der Waals surface area contributed by atoms with Crippen LogP contribution in [0.1, 0.15) is 27.2 Å². The highest BCUT2D eigenvalue weighted by Crippen LogP contribution is 2.17. The third-order valence-corrected chi connectivity index (χ3v) is 4.00. The number of nitrogens with two attached hydrogens (primary N) is 1. The van der Waals surface area contributed by atoms with Gasteiger partial charge in [-0.25, -0.2) is 13.1 Å². The molecule has 0 aliphatic rings. The van der Waals surface area contributed by atoms with Gasteiger partial charge in [0.2, 0.25) is 15.9 Å². The molecule has 4 N–H and O–H groups in total. The molecule has 0 unspecified atom stereocenters. The number of hydrogen-bond acceptors (Lipinski definition) is 4. The van der Waals surface area contributed by atoms with Crippen LogP contribution in [0.4, 0.5) is 5.69 Å². The van der Waals surface area contributed by atoms with Crippen LogP contribution in [0.5, 0.6) is 0 Å². The van der Waals surface area contributed by atoms with Gasteiger partial charge in [0.25, 0.3) is 0 Å². The minimum absolute atomic E-state index is 0.109. The highest BCUT2D eigenvalue weighted by Gasteiger charge is 2.22. The summed E-state index contributed by atoms with van der Waals surface area (Å²) in [5.74, 6) is -0.245. The number of rotatable bonds is 5. The Balaban J connectivity index is 2.96. The second-order valence-electron chi connectivity index (χ2n) is 5.47. The summed E-state index contributed by atoms with van der Waals surface area (Å²) in [6.45, 7) is 5.53. The minimum Gasteiger partial charge on any atom is -0.330 e. The van der Waals surface area contributed by atoms with Crippen LogP contribution in [0.15, 0.2) is 29.2 Å². The van der Waals surface area contributed by atoms with Crippen LogP contribution in [0.3, 0.4) is 0 Å². The highest BCUT2D eigenvalue weighted by molar-refractivity contribution is 7.89. The molecule has 7 heteroatoms. The van der Waals surface area contributed by atoms with Crippen molar-refractivity contribution in [1.29, 1.82) is 0 Å². The third kappa shape index (κ3) is 5.28. The number of amides is 1. The van der Waals surface area contributed by atoms with E-state index < -0.39 is 15.6 Å². The first-order valence-corrected chi connectivity index (χ1v) is 7.76. The summed E-state index contributed by atoms with van der Waals surface area (Å²) in [6, 6.07) is 6.11. The summed E-state index contributed by atoms with van der Waals surface area (Å²) in [4.78, 5) is 11.6. The fourth-order valence-electron chi connectivity index (χ4n) is 1.56. The van der Waals surface area contributed by atoms with Crippen molar-refractivity contribution in [1.82, 2.24) is 4.72 Å². The van der Waals surface area contributed by atoms with Gasteiger partial charge in [0, 0.05) is 24.2 Å². The zero-order valence-electron chi connectivity index (χ0n) is 11.9. The summed E-state index contributed by atoms with van der Waals surface area (Å²) in [5, 5.41) is 2.61. The topological polar surface area (TPSA) is 101 Å². The molecule has 20 heavy (non-hydrogen) atoms. The normalized spacial score (nSPS) is 12.2. The van der Waals surface area contributed by atoms with Crippen LogP contribution in [-0.2, 0) is 14.8 Å². The van der Waals surface area contributed by atoms with Crippen LogP contribution in [-0.4, -0.2) is 26.4 Å². The predicted octanol–water partition coefficient (Wildman–Crippen LogP) is 1.05. The molecule has 0 saturated heterocycles. The SMILES string of the molecule is CC(C)(C)NS(=O)(=O)c1cccc(NC(=O)CCN)c1. The van der Waals surface area contributed by atoms with Gasteiger partial charge in [-0.2, -0.15) is 0 Å². The molecule has 0 aromatic heterocycles. The largest absolute Gasteiger partial charge is 0.330 e. The van der Waals surface area contributed by atoms with E-state index in [1.54, 1.807) is 32.9 Å². The van der Waals surface area contributed by atoms with E-state index in [0.717, 1.165) is 0 Å². The first kappa shape index (κ1) is 16.6.